The third kappa shape index (κ3) is 2.77. The monoisotopic (exact) mass is 227 g/mol. The highest BCUT2D eigenvalue weighted by molar-refractivity contribution is 5.20. The van der Waals surface area contributed by atoms with E-state index in [0.29, 0.717) is 26.2 Å². The van der Waals surface area contributed by atoms with E-state index >= 15 is 0 Å². The van der Waals surface area contributed by atoms with E-state index in [1.54, 1.807) is 0 Å². The Hall–Kier alpha value is -1.47. The first kappa shape index (κ1) is 11.0. The summed E-state index contributed by atoms with van der Waals surface area (Å²) in [6.45, 7) is 1.98. The average Bonchev–Trinajstić information content (AvgIpc) is 2.76. The fourth-order valence-electron chi connectivity index (χ4n) is 1.51. The van der Waals surface area contributed by atoms with Crippen LogP contribution in [0.4, 0.5) is 5.69 Å². The molecular weight excluding hydrogens is 214 g/mol. The summed E-state index contributed by atoms with van der Waals surface area (Å²) in [6, 6.07) is 0. The van der Waals surface area contributed by atoms with E-state index < -0.39 is 4.92 Å². The molecule has 1 aliphatic rings. The highest BCUT2D eigenvalue weighted by Crippen LogP contribution is 2.12. The first-order valence-electron chi connectivity index (χ1n) is 5.16. The lowest BCUT2D eigenvalue weighted by molar-refractivity contribution is -0.385. The molecule has 0 saturated carbocycles. The Balaban J connectivity index is 1.81. The van der Waals surface area contributed by atoms with Crippen LogP contribution in [0, 0.1) is 10.1 Å². The summed E-state index contributed by atoms with van der Waals surface area (Å²) >= 11 is 0. The Bertz CT molecular complexity index is 359. The predicted octanol–water partition coefficient (Wildman–Crippen LogP) is 0.944. The zero-order valence-corrected chi connectivity index (χ0v) is 8.74. The van der Waals surface area contributed by atoms with Gasteiger partial charge in [-0.05, 0) is 6.42 Å². The Morgan fingerprint density at radius 1 is 1.56 bits per heavy atom. The van der Waals surface area contributed by atoms with Gasteiger partial charge in [-0.3, -0.25) is 14.8 Å². The molecule has 1 fully saturated rings. The van der Waals surface area contributed by atoms with Crippen LogP contribution >= 0.6 is 0 Å². The molecule has 2 heterocycles. The lowest BCUT2D eigenvalue weighted by atomic mass is 10.3. The minimum absolute atomic E-state index is 0.00507. The van der Waals surface area contributed by atoms with Crippen LogP contribution < -0.4 is 0 Å². The number of hydrogen-bond donors (Lipinski definition) is 0. The fourth-order valence-corrected chi connectivity index (χ4v) is 1.51. The molecule has 1 aromatic rings. The maximum atomic E-state index is 10.4. The van der Waals surface area contributed by atoms with Crippen molar-refractivity contribution in [1.29, 1.82) is 0 Å². The molecule has 7 heteroatoms. The summed E-state index contributed by atoms with van der Waals surface area (Å²) < 4.78 is 12.2. The number of ether oxygens (including phenoxy) is 2. The van der Waals surface area contributed by atoms with Gasteiger partial charge in [0, 0.05) is 13.0 Å². The van der Waals surface area contributed by atoms with E-state index in [2.05, 4.69) is 5.10 Å². The van der Waals surface area contributed by atoms with Gasteiger partial charge in [0.2, 0.25) is 0 Å². The highest BCUT2D eigenvalue weighted by Gasteiger charge is 2.15. The van der Waals surface area contributed by atoms with Gasteiger partial charge in [0.25, 0.3) is 0 Å². The van der Waals surface area contributed by atoms with Gasteiger partial charge in [-0.25, -0.2) is 0 Å². The molecule has 0 N–H and O–H groups in total. The molecule has 1 aliphatic heterocycles. The first-order chi connectivity index (χ1) is 7.75. The van der Waals surface area contributed by atoms with Crippen LogP contribution in [0.1, 0.15) is 12.8 Å². The molecule has 0 spiro atoms. The third-order valence-electron chi connectivity index (χ3n) is 2.32. The minimum atomic E-state index is -0.461. The zero-order chi connectivity index (χ0) is 11.4. The van der Waals surface area contributed by atoms with Crippen LogP contribution in [0.3, 0.4) is 0 Å². The minimum Gasteiger partial charge on any atom is -0.353 e. The Morgan fingerprint density at radius 2 is 2.31 bits per heavy atom. The van der Waals surface area contributed by atoms with Crippen molar-refractivity contribution in [2.24, 2.45) is 0 Å². The molecule has 0 bridgehead atoms. The second-order valence-electron chi connectivity index (χ2n) is 3.53. The van der Waals surface area contributed by atoms with Gasteiger partial charge in [-0.2, -0.15) is 5.10 Å². The number of hydrogen-bond acceptors (Lipinski definition) is 5. The van der Waals surface area contributed by atoms with Crippen molar-refractivity contribution < 1.29 is 14.4 Å². The smallest absolute Gasteiger partial charge is 0.306 e. The van der Waals surface area contributed by atoms with Crippen molar-refractivity contribution in [3.63, 3.8) is 0 Å². The van der Waals surface area contributed by atoms with Crippen molar-refractivity contribution in [2.75, 3.05) is 13.2 Å². The van der Waals surface area contributed by atoms with Crippen molar-refractivity contribution in [2.45, 2.75) is 25.7 Å². The predicted molar refractivity (Wildman–Crippen MR) is 53.8 cm³/mol. The van der Waals surface area contributed by atoms with Gasteiger partial charge in [-0.15, -0.1) is 0 Å². The summed E-state index contributed by atoms with van der Waals surface area (Å²) in [5, 5.41) is 14.3. The van der Waals surface area contributed by atoms with Gasteiger partial charge in [0.05, 0.1) is 18.1 Å². The number of aromatic nitrogens is 2. The lowest BCUT2D eigenvalue weighted by Gasteiger charge is -2.22. The molecule has 0 unspecified atom stereocenters. The summed E-state index contributed by atoms with van der Waals surface area (Å²) in [7, 11) is 0. The molecule has 0 aromatic carbocycles. The van der Waals surface area contributed by atoms with Crippen LogP contribution in [-0.4, -0.2) is 34.2 Å². The van der Waals surface area contributed by atoms with E-state index in [9.17, 15) is 10.1 Å². The standard InChI is InChI=1S/C9H13N3O4/c13-12(14)8-6-10-11(7-8)3-2-9-15-4-1-5-16-9/h6-7,9H,1-5H2. The molecule has 16 heavy (non-hydrogen) atoms. The summed E-state index contributed by atoms with van der Waals surface area (Å²) in [5.41, 5.74) is 0.00507. The van der Waals surface area contributed by atoms with Crippen molar-refractivity contribution in [3.05, 3.63) is 22.5 Å². The van der Waals surface area contributed by atoms with E-state index in [0.717, 1.165) is 6.42 Å². The topological polar surface area (TPSA) is 79.4 Å². The van der Waals surface area contributed by atoms with E-state index in [1.807, 2.05) is 0 Å². The maximum Gasteiger partial charge on any atom is 0.306 e. The average molecular weight is 227 g/mol. The molecule has 1 saturated heterocycles. The normalized spacial score (nSPS) is 17.5. The SMILES string of the molecule is O=[N+]([O-])c1cnn(CCC2OCCCO2)c1. The number of nitrogens with zero attached hydrogens (tertiary/aromatic N) is 3. The highest BCUT2D eigenvalue weighted by atomic mass is 16.7. The van der Waals surface area contributed by atoms with Crippen molar-refractivity contribution >= 4 is 5.69 Å². The van der Waals surface area contributed by atoms with Crippen LogP contribution in [0.2, 0.25) is 0 Å². The molecule has 2 rings (SSSR count). The Kier molecular flexibility index (Phi) is 3.47. The second kappa shape index (κ2) is 5.04. The molecule has 88 valence electrons. The van der Waals surface area contributed by atoms with Gasteiger partial charge in [-0.1, -0.05) is 0 Å². The maximum absolute atomic E-state index is 10.4. The van der Waals surface area contributed by atoms with Crippen LogP contribution in [0.25, 0.3) is 0 Å². The summed E-state index contributed by atoms with van der Waals surface area (Å²) in [6.07, 6.45) is 4.01. The summed E-state index contributed by atoms with van der Waals surface area (Å²) in [4.78, 5) is 9.96. The van der Waals surface area contributed by atoms with Gasteiger partial charge < -0.3 is 9.47 Å². The van der Waals surface area contributed by atoms with E-state index in [4.69, 9.17) is 9.47 Å². The number of nitro groups is 1. The molecule has 0 atom stereocenters. The Labute approximate surface area is 92.1 Å². The molecular formula is C9H13N3O4. The molecule has 0 aliphatic carbocycles. The van der Waals surface area contributed by atoms with Crippen LogP contribution in [0.15, 0.2) is 12.4 Å². The fraction of sp³-hybridized carbons (Fsp3) is 0.667. The van der Waals surface area contributed by atoms with Gasteiger partial charge in [0.15, 0.2) is 6.29 Å². The number of aryl methyl sites for hydroxylation is 1. The van der Waals surface area contributed by atoms with Crippen molar-refractivity contribution in [3.8, 4) is 0 Å². The van der Waals surface area contributed by atoms with Crippen molar-refractivity contribution in [1.82, 2.24) is 9.78 Å². The first-order valence-corrected chi connectivity index (χ1v) is 5.16. The van der Waals surface area contributed by atoms with E-state index in [-0.39, 0.29) is 12.0 Å². The molecule has 0 amide bonds. The molecule has 0 radical (unpaired) electrons. The lowest BCUT2D eigenvalue weighted by Crippen LogP contribution is -2.26. The second-order valence-corrected chi connectivity index (χ2v) is 3.53. The van der Waals surface area contributed by atoms with Gasteiger partial charge >= 0.3 is 5.69 Å². The summed E-state index contributed by atoms with van der Waals surface area (Å²) in [5.74, 6) is 0. The van der Waals surface area contributed by atoms with Gasteiger partial charge in [0.1, 0.15) is 12.4 Å². The quantitative estimate of drug-likeness (QED) is 0.565. The largest absolute Gasteiger partial charge is 0.353 e. The van der Waals surface area contributed by atoms with Crippen LogP contribution in [-0.2, 0) is 16.0 Å². The zero-order valence-electron chi connectivity index (χ0n) is 8.74. The van der Waals surface area contributed by atoms with Crippen LogP contribution in [0.5, 0.6) is 0 Å². The van der Waals surface area contributed by atoms with E-state index in [1.165, 1.54) is 17.1 Å². The number of rotatable bonds is 4. The third-order valence-corrected chi connectivity index (χ3v) is 2.32. The molecule has 7 nitrogen and oxygen atoms in total. The Morgan fingerprint density at radius 3 is 2.94 bits per heavy atom. The molecule has 1 aromatic heterocycles.